The van der Waals surface area contributed by atoms with Crippen LogP contribution in [0.2, 0.25) is 5.02 Å². The Hall–Kier alpha value is -0.710. The van der Waals surface area contributed by atoms with E-state index in [1.165, 1.54) is 0 Å². The lowest BCUT2D eigenvalue weighted by Crippen LogP contribution is -2.27. The number of aliphatic hydroxyl groups excluding tert-OH is 1. The molecule has 0 radical (unpaired) electrons. The van der Waals surface area contributed by atoms with Crippen LogP contribution in [0.25, 0.3) is 0 Å². The van der Waals surface area contributed by atoms with Gasteiger partial charge in [0.1, 0.15) is 0 Å². The quantitative estimate of drug-likeness (QED) is 0.722. The van der Waals surface area contributed by atoms with Gasteiger partial charge in [-0.2, -0.15) is 0 Å². The van der Waals surface area contributed by atoms with Gasteiger partial charge in [0.15, 0.2) is 0 Å². The molecule has 0 fully saturated rings. The Morgan fingerprint density at radius 3 is 2.94 bits per heavy atom. The Balaban J connectivity index is 2.55. The summed E-state index contributed by atoms with van der Waals surface area (Å²) in [5.41, 5.74) is 0.408. The van der Waals surface area contributed by atoms with Gasteiger partial charge in [-0.05, 0) is 31.0 Å². The van der Waals surface area contributed by atoms with Crippen molar-refractivity contribution in [2.24, 2.45) is 0 Å². The van der Waals surface area contributed by atoms with Crippen LogP contribution in [0, 0.1) is 0 Å². The van der Waals surface area contributed by atoms with Gasteiger partial charge in [-0.25, -0.2) is 0 Å². The molecule has 1 amide bonds. The smallest absolute Gasteiger partial charge is 0.252 e. The maximum atomic E-state index is 11.8. The molecule has 0 aromatic heterocycles. The zero-order valence-corrected chi connectivity index (χ0v) is 11.3. The van der Waals surface area contributed by atoms with Crippen LogP contribution in [0.4, 0.5) is 0 Å². The standard InChI is InChI=1S/C12H16ClNO2S/c1-2-8(15)5-6-14-12(16)10-7-9(17)3-4-11(10)13/h3-4,7-8,15,17H,2,5-6H2,1H3,(H,14,16). The number of carbonyl (C=O) groups excluding carboxylic acids is 1. The second-order valence-electron chi connectivity index (χ2n) is 3.77. The molecule has 0 aliphatic heterocycles. The SMILES string of the molecule is CCC(O)CCNC(=O)c1cc(S)ccc1Cl. The molecule has 1 aromatic carbocycles. The third-order valence-corrected chi connectivity index (χ3v) is 3.04. The summed E-state index contributed by atoms with van der Waals surface area (Å²) in [4.78, 5) is 12.5. The summed E-state index contributed by atoms with van der Waals surface area (Å²) in [7, 11) is 0. The zero-order valence-electron chi connectivity index (χ0n) is 9.61. The van der Waals surface area contributed by atoms with Crippen LogP contribution in [-0.2, 0) is 0 Å². The monoisotopic (exact) mass is 273 g/mol. The second-order valence-corrected chi connectivity index (χ2v) is 4.69. The highest BCUT2D eigenvalue weighted by Crippen LogP contribution is 2.19. The third kappa shape index (κ3) is 4.58. The molecule has 3 nitrogen and oxygen atoms in total. The van der Waals surface area contributed by atoms with Crippen LogP contribution in [0.15, 0.2) is 23.1 Å². The first kappa shape index (κ1) is 14.4. The molecule has 1 rings (SSSR count). The van der Waals surface area contributed by atoms with E-state index in [0.29, 0.717) is 34.9 Å². The summed E-state index contributed by atoms with van der Waals surface area (Å²) in [6.45, 7) is 2.33. The highest BCUT2D eigenvalue weighted by molar-refractivity contribution is 7.80. The molecule has 0 aliphatic rings. The number of carbonyl (C=O) groups is 1. The minimum absolute atomic E-state index is 0.241. The second kappa shape index (κ2) is 6.89. The summed E-state index contributed by atoms with van der Waals surface area (Å²) in [5.74, 6) is -0.241. The summed E-state index contributed by atoms with van der Waals surface area (Å²) in [6.07, 6.45) is 0.852. The molecule has 2 N–H and O–H groups in total. The number of benzene rings is 1. The average Bonchev–Trinajstić information content (AvgIpc) is 2.31. The van der Waals surface area contributed by atoms with Gasteiger partial charge in [-0.3, -0.25) is 4.79 Å². The van der Waals surface area contributed by atoms with E-state index >= 15 is 0 Å². The Labute approximate surface area is 112 Å². The number of halogens is 1. The lowest BCUT2D eigenvalue weighted by molar-refractivity contribution is 0.0942. The molecule has 0 saturated heterocycles. The number of aliphatic hydroxyl groups is 1. The molecule has 94 valence electrons. The molecular weight excluding hydrogens is 258 g/mol. The molecule has 0 aliphatic carbocycles. The number of hydrogen-bond donors (Lipinski definition) is 3. The minimum atomic E-state index is -0.373. The van der Waals surface area contributed by atoms with E-state index in [1.807, 2.05) is 6.92 Å². The van der Waals surface area contributed by atoms with Gasteiger partial charge in [-0.15, -0.1) is 12.6 Å². The molecule has 1 aromatic rings. The van der Waals surface area contributed by atoms with Crippen molar-refractivity contribution >= 4 is 30.1 Å². The lowest BCUT2D eigenvalue weighted by Gasteiger charge is -2.10. The molecule has 0 bridgehead atoms. The third-order valence-electron chi connectivity index (χ3n) is 2.43. The molecule has 1 atom stereocenters. The maximum Gasteiger partial charge on any atom is 0.252 e. The summed E-state index contributed by atoms with van der Waals surface area (Å²) < 4.78 is 0. The molecule has 0 spiro atoms. The van der Waals surface area contributed by atoms with Crippen molar-refractivity contribution in [2.75, 3.05) is 6.54 Å². The predicted octanol–water partition coefficient (Wildman–Crippen LogP) is 2.52. The van der Waals surface area contributed by atoms with E-state index in [9.17, 15) is 9.90 Å². The summed E-state index contributed by atoms with van der Waals surface area (Å²) in [5, 5.41) is 12.5. The highest BCUT2D eigenvalue weighted by Gasteiger charge is 2.10. The summed E-state index contributed by atoms with van der Waals surface area (Å²) in [6, 6.07) is 4.99. The van der Waals surface area contributed by atoms with Gasteiger partial charge in [0.25, 0.3) is 5.91 Å². The Morgan fingerprint density at radius 2 is 2.29 bits per heavy atom. The van der Waals surface area contributed by atoms with Gasteiger partial charge in [0.2, 0.25) is 0 Å². The fourth-order valence-electron chi connectivity index (χ4n) is 1.34. The number of hydrogen-bond acceptors (Lipinski definition) is 3. The van der Waals surface area contributed by atoms with E-state index in [0.717, 1.165) is 0 Å². The molecule has 17 heavy (non-hydrogen) atoms. The van der Waals surface area contributed by atoms with Crippen molar-refractivity contribution in [1.29, 1.82) is 0 Å². The fourth-order valence-corrected chi connectivity index (χ4v) is 1.75. The van der Waals surface area contributed by atoms with Gasteiger partial charge >= 0.3 is 0 Å². The molecule has 1 unspecified atom stereocenters. The van der Waals surface area contributed by atoms with Gasteiger partial charge < -0.3 is 10.4 Å². The van der Waals surface area contributed by atoms with Crippen molar-refractivity contribution < 1.29 is 9.90 Å². The van der Waals surface area contributed by atoms with Crippen molar-refractivity contribution in [3.63, 3.8) is 0 Å². The first-order valence-electron chi connectivity index (χ1n) is 5.49. The van der Waals surface area contributed by atoms with Crippen molar-refractivity contribution in [1.82, 2.24) is 5.32 Å². The van der Waals surface area contributed by atoms with Crippen LogP contribution in [0.1, 0.15) is 30.1 Å². The van der Waals surface area contributed by atoms with E-state index in [1.54, 1.807) is 18.2 Å². The fraction of sp³-hybridized carbons (Fsp3) is 0.417. The van der Waals surface area contributed by atoms with Crippen LogP contribution in [-0.4, -0.2) is 23.7 Å². The first-order chi connectivity index (χ1) is 8.04. The van der Waals surface area contributed by atoms with E-state index < -0.39 is 0 Å². The van der Waals surface area contributed by atoms with Crippen molar-refractivity contribution in [2.45, 2.75) is 30.8 Å². The van der Waals surface area contributed by atoms with Crippen molar-refractivity contribution in [3.05, 3.63) is 28.8 Å². The minimum Gasteiger partial charge on any atom is -0.393 e. The molecule has 5 heteroatoms. The average molecular weight is 274 g/mol. The Morgan fingerprint density at radius 1 is 1.59 bits per heavy atom. The molecule has 0 saturated carbocycles. The molecule has 0 heterocycles. The van der Waals surface area contributed by atoms with Gasteiger partial charge in [0, 0.05) is 11.4 Å². The topological polar surface area (TPSA) is 49.3 Å². The first-order valence-corrected chi connectivity index (χ1v) is 6.32. The van der Waals surface area contributed by atoms with Crippen LogP contribution in [0.3, 0.4) is 0 Å². The lowest BCUT2D eigenvalue weighted by atomic mass is 10.2. The van der Waals surface area contributed by atoms with Crippen LogP contribution >= 0.6 is 24.2 Å². The van der Waals surface area contributed by atoms with E-state index in [4.69, 9.17) is 11.6 Å². The maximum absolute atomic E-state index is 11.8. The number of amides is 1. The Kier molecular flexibility index (Phi) is 5.82. The Bertz CT molecular complexity index is 398. The van der Waals surface area contributed by atoms with Crippen LogP contribution < -0.4 is 5.32 Å². The number of thiol groups is 1. The largest absolute Gasteiger partial charge is 0.393 e. The molecular formula is C12H16ClNO2S. The zero-order chi connectivity index (χ0) is 12.8. The predicted molar refractivity (Wildman–Crippen MR) is 72.0 cm³/mol. The van der Waals surface area contributed by atoms with Gasteiger partial charge in [0.05, 0.1) is 16.7 Å². The van der Waals surface area contributed by atoms with Gasteiger partial charge in [-0.1, -0.05) is 18.5 Å². The highest BCUT2D eigenvalue weighted by atomic mass is 35.5. The summed E-state index contributed by atoms with van der Waals surface area (Å²) >= 11 is 10.1. The number of rotatable bonds is 5. The number of nitrogens with one attached hydrogen (secondary N) is 1. The van der Waals surface area contributed by atoms with E-state index in [-0.39, 0.29) is 12.0 Å². The normalized spacial score (nSPS) is 12.2. The van der Waals surface area contributed by atoms with Crippen molar-refractivity contribution in [3.8, 4) is 0 Å². The van der Waals surface area contributed by atoms with Crippen LogP contribution in [0.5, 0.6) is 0 Å². The van der Waals surface area contributed by atoms with E-state index in [2.05, 4.69) is 17.9 Å².